The predicted molar refractivity (Wildman–Crippen MR) is 73.1 cm³/mol. The second kappa shape index (κ2) is 3.71. The molecule has 0 radical (unpaired) electrons. The molecule has 0 atom stereocenters. The summed E-state index contributed by atoms with van der Waals surface area (Å²) in [4.78, 5) is 24.5. The molecule has 0 unspecified atom stereocenters. The van der Waals surface area contributed by atoms with Crippen molar-refractivity contribution in [2.24, 2.45) is 0 Å². The molecule has 2 amide bonds. The standard InChI is InChI=1S/C14H9NO2S/c1-7(18)9-6-5-8-3-2-4-10-11(8)12(9)14(17)15-13(10)16/h2-6H,1H3,(H,15,16,17). The van der Waals surface area contributed by atoms with E-state index in [1.54, 1.807) is 19.1 Å². The van der Waals surface area contributed by atoms with Crippen LogP contribution in [0.25, 0.3) is 10.8 Å². The smallest absolute Gasteiger partial charge is 0.259 e. The molecule has 2 aromatic carbocycles. The molecule has 4 heteroatoms. The fraction of sp³-hybridized carbons (Fsp3) is 0.0714. The normalized spacial score (nSPS) is 13.6. The third-order valence-corrected chi connectivity index (χ3v) is 3.34. The van der Waals surface area contributed by atoms with Crippen molar-refractivity contribution in [2.45, 2.75) is 6.92 Å². The Morgan fingerprint density at radius 2 is 1.89 bits per heavy atom. The van der Waals surface area contributed by atoms with Crippen LogP contribution in [-0.2, 0) is 0 Å². The first kappa shape index (κ1) is 11.0. The topological polar surface area (TPSA) is 46.2 Å². The molecule has 0 fully saturated rings. The van der Waals surface area contributed by atoms with Gasteiger partial charge < -0.3 is 0 Å². The lowest BCUT2D eigenvalue weighted by molar-refractivity contribution is 0.0845. The lowest BCUT2D eigenvalue weighted by atomic mass is 9.91. The highest BCUT2D eigenvalue weighted by molar-refractivity contribution is 7.80. The molecule has 0 saturated carbocycles. The first-order valence-electron chi connectivity index (χ1n) is 5.52. The fourth-order valence-corrected chi connectivity index (χ4v) is 2.50. The Hall–Kier alpha value is -2.07. The minimum atomic E-state index is -0.372. The molecule has 1 aliphatic heterocycles. The van der Waals surface area contributed by atoms with Gasteiger partial charge in [0.25, 0.3) is 11.8 Å². The van der Waals surface area contributed by atoms with Crippen LogP contribution in [-0.4, -0.2) is 16.7 Å². The van der Waals surface area contributed by atoms with Gasteiger partial charge in [0.15, 0.2) is 0 Å². The number of thiocarbonyl (C=S) groups is 1. The van der Waals surface area contributed by atoms with Crippen LogP contribution in [0.4, 0.5) is 0 Å². The number of imide groups is 1. The predicted octanol–water partition coefficient (Wildman–Crippen LogP) is 2.46. The molecule has 3 rings (SSSR count). The van der Waals surface area contributed by atoms with E-state index in [1.807, 2.05) is 18.2 Å². The van der Waals surface area contributed by atoms with E-state index in [9.17, 15) is 9.59 Å². The molecular formula is C14H9NO2S. The van der Waals surface area contributed by atoms with Crippen molar-refractivity contribution in [3.05, 3.63) is 47.0 Å². The Bertz CT molecular complexity index is 734. The molecule has 0 bridgehead atoms. The van der Waals surface area contributed by atoms with Crippen molar-refractivity contribution in [2.75, 3.05) is 0 Å². The molecule has 0 aliphatic carbocycles. The van der Waals surface area contributed by atoms with E-state index >= 15 is 0 Å². The highest BCUT2D eigenvalue weighted by Gasteiger charge is 2.27. The fourth-order valence-electron chi connectivity index (χ4n) is 2.33. The van der Waals surface area contributed by atoms with Gasteiger partial charge in [0, 0.05) is 21.4 Å². The van der Waals surface area contributed by atoms with Crippen LogP contribution in [0.3, 0.4) is 0 Å². The highest BCUT2D eigenvalue weighted by Crippen LogP contribution is 2.29. The molecular weight excluding hydrogens is 246 g/mol. The van der Waals surface area contributed by atoms with Crippen LogP contribution in [0.5, 0.6) is 0 Å². The van der Waals surface area contributed by atoms with Gasteiger partial charge in [-0.1, -0.05) is 36.5 Å². The van der Waals surface area contributed by atoms with Crippen LogP contribution in [0.1, 0.15) is 33.2 Å². The summed E-state index contributed by atoms with van der Waals surface area (Å²) in [7, 11) is 0. The number of carbonyl (C=O) groups is 2. The number of rotatable bonds is 1. The molecule has 88 valence electrons. The number of carbonyl (C=O) groups excluding carboxylic acids is 2. The molecule has 0 spiro atoms. The van der Waals surface area contributed by atoms with Crippen LogP contribution in [0.2, 0.25) is 0 Å². The van der Waals surface area contributed by atoms with Crippen LogP contribution >= 0.6 is 12.2 Å². The minimum Gasteiger partial charge on any atom is -0.288 e. The van der Waals surface area contributed by atoms with Gasteiger partial charge in [0.2, 0.25) is 0 Å². The van der Waals surface area contributed by atoms with E-state index in [2.05, 4.69) is 5.32 Å². The zero-order chi connectivity index (χ0) is 12.9. The Balaban J connectivity index is 2.55. The van der Waals surface area contributed by atoms with Gasteiger partial charge in [-0.15, -0.1) is 0 Å². The van der Waals surface area contributed by atoms with Gasteiger partial charge in [-0.2, -0.15) is 0 Å². The quantitative estimate of drug-likeness (QED) is 0.483. The van der Waals surface area contributed by atoms with E-state index in [1.165, 1.54) is 0 Å². The summed E-state index contributed by atoms with van der Waals surface area (Å²) in [5, 5.41) is 3.94. The SMILES string of the molecule is CC(=S)c1ccc2cccc3c2c1C(=O)NC3=O. The molecule has 18 heavy (non-hydrogen) atoms. The Morgan fingerprint density at radius 3 is 2.61 bits per heavy atom. The second-order valence-electron chi connectivity index (χ2n) is 4.23. The maximum Gasteiger partial charge on any atom is 0.259 e. The zero-order valence-electron chi connectivity index (χ0n) is 9.61. The zero-order valence-corrected chi connectivity index (χ0v) is 10.4. The number of nitrogens with one attached hydrogen (secondary N) is 1. The van der Waals surface area contributed by atoms with Gasteiger partial charge in [-0.25, -0.2) is 0 Å². The van der Waals surface area contributed by atoms with Gasteiger partial charge in [-0.3, -0.25) is 14.9 Å². The summed E-state index contributed by atoms with van der Waals surface area (Å²) in [6, 6.07) is 9.13. The summed E-state index contributed by atoms with van der Waals surface area (Å²) in [5.41, 5.74) is 1.75. The maximum absolute atomic E-state index is 12.0. The van der Waals surface area contributed by atoms with Crippen molar-refractivity contribution in [1.29, 1.82) is 0 Å². The van der Waals surface area contributed by atoms with E-state index in [-0.39, 0.29) is 11.8 Å². The summed E-state index contributed by atoms with van der Waals surface area (Å²) in [5.74, 6) is -0.722. The molecule has 3 nitrogen and oxygen atoms in total. The lowest BCUT2D eigenvalue weighted by Gasteiger charge is -2.19. The van der Waals surface area contributed by atoms with Crippen molar-refractivity contribution < 1.29 is 9.59 Å². The van der Waals surface area contributed by atoms with Crippen LogP contribution in [0.15, 0.2) is 30.3 Å². The lowest BCUT2D eigenvalue weighted by Crippen LogP contribution is -2.35. The third kappa shape index (κ3) is 1.39. The van der Waals surface area contributed by atoms with Crippen molar-refractivity contribution in [3.63, 3.8) is 0 Å². The minimum absolute atomic E-state index is 0.350. The summed E-state index contributed by atoms with van der Waals surface area (Å²) in [6.07, 6.45) is 0. The van der Waals surface area contributed by atoms with Crippen molar-refractivity contribution >= 4 is 39.7 Å². The van der Waals surface area contributed by atoms with E-state index in [0.717, 1.165) is 10.9 Å². The summed E-state index contributed by atoms with van der Waals surface area (Å²) < 4.78 is 0. The van der Waals surface area contributed by atoms with E-state index < -0.39 is 0 Å². The summed E-state index contributed by atoms with van der Waals surface area (Å²) >= 11 is 5.16. The van der Waals surface area contributed by atoms with E-state index in [4.69, 9.17) is 12.2 Å². The largest absolute Gasteiger partial charge is 0.288 e. The Kier molecular flexibility index (Phi) is 2.28. The first-order valence-corrected chi connectivity index (χ1v) is 5.93. The molecule has 1 aliphatic rings. The molecule has 1 N–H and O–H groups in total. The van der Waals surface area contributed by atoms with Gasteiger partial charge in [-0.05, 0) is 18.4 Å². The van der Waals surface area contributed by atoms with Gasteiger partial charge >= 0.3 is 0 Å². The molecule has 0 saturated heterocycles. The first-order chi connectivity index (χ1) is 8.59. The van der Waals surface area contributed by atoms with Gasteiger partial charge in [0.05, 0.1) is 5.56 Å². The maximum atomic E-state index is 12.0. The Morgan fingerprint density at radius 1 is 1.11 bits per heavy atom. The van der Waals surface area contributed by atoms with Crippen LogP contribution in [0, 0.1) is 0 Å². The van der Waals surface area contributed by atoms with Crippen molar-refractivity contribution in [1.82, 2.24) is 5.32 Å². The third-order valence-electron chi connectivity index (χ3n) is 3.12. The molecule has 0 aromatic heterocycles. The van der Waals surface area contributed by atoms with Gasteiger partial charge in [0.1, 0.15) is 0 Å². The number of amides is 2. The Labute approximate surface area is 109 Å². The molecule has 2 aromatic rings. The average molecular weight is 255 g/mol. The van der Waals surface area contributed by atoms with Crippen molar-refractivity contribution in [3.8, 4) is 0 Å². The number of benzene rings is 2. The monoisotopic (exact) mass is 255 g/mol. The number of hydrogen-bond donors (Lipinski definition) is 1. The van der Waals surface area contributed by atoms with Crippen LogP contribution < -0.4 is 5.32 Å². The second-order valence-corrected chi connectivity index (χ2v) is 4.84. The highest BCUT2D eigenvalue weighted by atomic mass is 32.1. The average Bonchev–Trinajstić information content (AvgIpc) is 2.34. The van der Waals surface area contributed by atoms with E-state index in [0.29, 0.717) is 21.4 Å². The number of hydrogen-bond acceptors (Lipinski definition) is 3. The summed E-state index contributed by atoms with van der Waals surface area (Å²) in [6.45, 7) is 1.78. The molecule has 1 heterocycles.